The van der Waals surface area contributed by atoms with Crippen LogP contribution in [0.4, 0.5) is 11.4 Å². The molecule has 1 aliphatic rings. The summed E-state index contributed by atoms with van der Waals surface area (Å²) in [6.07, 6.45) is 1.35. The molecule has 2 rings (SSSR count). The highest BCUT2D eigenvalue weighted by atomic mass is 16.6. The van der Waals surface area contributed by atoms with Gasteiger partial charge < -0.3 is 4.90 Å². The fourth-order valence-electron chi connectivity index (χ4n) is 1.88. The SMILES string of the molecule is Cc1ccc(N2CCCC2=O)cc1[N+](=O)[O-]. The molecule has 1 saturated heterocycles. The Morgan fingerprint density at radius 2 is 2.19 bits per heavy atom. The van der Waals surface area contributed by atoms with Gasteiger partial charge in [-0.1, -0.05) is 6.07 Å². The molecule has 0 aromatic heterocycles. The number of carbonyl (C=O) groups excluding carboxylic acids is 1. The van der Waals surface area contributed by atoms with Crippen molar-refractivity contribution < 1.29 is 9.72 Å². The summed E-state index contributed by atoms with van der Waals surface area (Å²) in [5.41, 5.74) is 1.30. The number of rotatable bonds is 2. The molecule has 1 aromatic carbocycles. The zero-order valence-corrected chi connectivity index (χ0v) is 8.97. The van der Waals surface area contributed by atoms with E-state index in [4.69, 9.17) is 0 Å². The lowest BCUT2D eigenvalue weighted by atomic mass is 10.2. The summed E-state index contributed by atoms with van der Waals surface area (Å²) in [4.78, 5) is 23.5. The normalized spacial score (nSPS) is 15.6. The van der Waals surface area contributed by atoms with Crippen molar-refractivity contribution in [3.63, 3.8) is 0 Å². The van der Waals surface area contributed by atoms with Gasteiger partial charge in [0, 0.05) is 24.6 Å². The second-order valence-corrected chi connectivity index (χ2v) is 3.88. The van der Waals surface area contributed by atoms with Gasteiger partial charge in [0.2, 0.25) is 5.91 Å². The number of benzene rings is 1. The van der Waals surface area contributed by atoms with E-state index in [1.807, 2.05) is 0 Å². The molecule has 0 radical (unpaired) electrons. The predicted octanol–water partition coefficient (Wildman–Crippen LogP) is 2.03. The molecule has 1 aliphatic heterocycles. The molecule has 0 bridgehead atoms. The molecule has 0 atom stereocenters. The number of nitrogens with zero attached hydrogens (tertiary/aromatic N) is 2. The van der Waals surface area contributed by atoms with Crippen LogP contribution >= 0.6 is 0 Å². The van der Waals surface area contributed by atoms with Gasteiger partial charge in [0.15, 0.2) is 0 Å². The molecule has 1 aromatic rings. The highest BCUT2D eigenvalue weighted by Gasteiger charge is 2.23. The van der Waals surface area contributed by atoms with E-state index >= 15 is 0 Å². The smallest absolute Gasteiger partial charge is 0.274 e. The Balaban J connectivity index is 2.39. The maximum absolute atomic E-state index is 11.5. The van der Waals surface area contributed by atoms with Crippen molar-refractivity contribution in [2.75, 3.05) is 11.4 Å². The first-order valence-corrected chi connectivity index (χ1v) is 5.15. The quantitative estimate of drug-likeness (QED) is 0.565. The number of nitro groups is 1. The fourth-order valence-corrected chi connectivity index (χ4v) is 1.88. The van der Waals surface area contributed by atoms with Crippen molar-refractivity contribution in [2.45, 2.75) is 19.8 Å². The van der Waals surface area contributed by atoms with Gasteiger partial charge in [0.05, 0.1) is 10.6 Å². The minimum Gasteiger partial charge on any atom is -0.312 e. The number of hydrogen-bond acceptors (Lipinski definition) is 3. The van der Waals surface area contributed by atoms with Crippen molar-refractivity contribution >= 4 is 17.3 Å². The van der Waals surface area contributed by atoms with Gasteiger partial charge in [0.1, 0.15) is 0 Å². The van der Waals surface area contributed by atoms with Crippen molar-refractivity contribution in [2.24, 2.45) is 0 Å². The van der Waals surface area contributed by atoms with Crippen LogP contribution in [0.5, 0.6) is 0 Å². The molecule has 0 N–H and O–H groups in total. The molecule has 5 heteroatoms. The topological polar surface area (TPSA) is 63.5 Å². The summed E-state index contributed by atoms with van der Waals surface area (Å²) >= 11 is 0. The van der Waals surface area contributed by atoms with E-state index in [2.05, 4.69) is 0 Å². The maximum Gasteiger partial charge on any atom is 0.274 e. The lowest BCUT2D eigenvalue weighted by molar-refractivity contribution is -0.385. The highest BCUT2D eigenvalue weighted by Crippen LogP contribution is 2.27. The van der Waals surface area contributed by atoms with Crippen molar-refractivity contribution in [3.05, 3.63) is 33.9 Å². The molecule has 16 heavy (non-hydrogen) atoms. The zero-order valence-electron chi connectivity index (χ0n) is 8.97. The van der Waals surface area contributed by atoms with Crippen LogP contribution in [-0.4, -0.2) is 17.4 Å². The van der Waals surface area contributed by atoms with Gasteiger partial charge >= 0.3 is 0 Å². The molecule has 5 nitrogen and oxygen atoms in total. The maximum atomic E-state index is 11.5. The third kappa shape index (κ3) is 1.76. The second-order valence-electron chi connectivity index (χ2n) is 3.88. The van der Waals surface area contributed by atoms with Crippen LogP contribution in [0, 0.1) is 17.0 Å². The van der Waals surface area contributed by atoms with Crippen LogP contribution in [0.1, 0.15) is 18.4 Å². The van der Waals surface area contributed by atoms with Crippen LogP contribution in [-0.2, 0) is 4.79 Å². The van der Waals surface area contributed by atoms with E-state index in [-0.39, 0.29) is 11.6 Å². The average molecular weight is 220 g/mol. The number of aryl methyl sites for hydroxylation is 1. The summed E-state index contributed by atoms with van der Waals surface area (Å²) in [6, 6.07) is 4.91. The second kappa shape index (κ2) is 3.92. The zero-order chi connectivity index (χ0) is 11.7. The Hall–Kier alpha value is -1.91. The summed E-state index contributed by atoms with van der Waals surface area (Å²) in [5.74, 6) is 0.0400. The van der Waals surface area contributed by atoms with Crippen molar-refractivity contribution in [1.29, 1.82) is 0 Å². The third-order valence-electron chi connectivity index (χ3n) is 2.77. The molecule has 1 amide bonds. The Kier molecular flexibility index (Phi) is 2.60. The molecule has 1 fully saturated rings. The molecular formula is C11H12N2O3. The number of hydrogen-bond donors (Lipinski definition) is 0. The van der Waals surface area contributed by atoms with E-state index < -0.39 is 4.92 Å². The standard InChI is InChI=1S/C11H12N2O3/c1-8-4-5-9(7-10(8)13(15)16)12-6-2-3-11(12)14/h4-5,7H,2-3,6H2,1H3. The molecular weight excluding hydrogens is 208 g/mol. The first-order valence-electron chi connectivity index (χ1n) is 5.15. The van der Waals surface area contributed by atoms with Gasteiger partial charge in [-0.15, -0.1) is 0 Å². The van der Waals surface area contributed by atoms with Crippen LogP contribution in [0.2, 0.25) is 0 Å². The Labute approximate surface area is 92.8 Å². The molecule has 84 valence electrons. The van der Waals surface area contributed by atoms with Gasteiger partial charge in [-0.05, 0) is 19.4 Å². The molecule has 0 aliphatic carbocycles. The first-order chi connectivity index (χ1) is 7.59. The first kappa shape index (κ1) is 10.6. The molecule has 0 saturated carbocycles. The highest BCUT2D eigenvalue weighted by molar-refractivity contribution is 5.95. The summed E-state index contributed by atoms with van der Waals surface area (Å²) in [6.45, 7) is 2.34. The number of nitro benzene ring substituents is 1. The summed E-state index contributed by atoms with van der Waals surface area (Å²) < 4.78 is 0. The third-order valence-corrected chi connectivity index (χ3v) is 2.77. The van der Waals surface area contributed by atoms with Crippen molar-refractivity contribution in [3.8, 4) is 0 Å². The average Bonchev–Trinajstić information content (AvgIpc) is 2.65. The Morgan fingerprint density at radius 1 is 1.44 bits per heavy atom. The lowest BCUT2D eigenvalue weighted by Gasteiger charge is -2.15. The van der Waals surface area contributed by atoms with Gasteiger partial charge in [-0.2, -0.15) is 0 Å². The van der Waals surface area contributed by atoms with Crippen LogP contribution in [0.3, 0.4) is 0 Å². The molecule has 0 unspecified atom stereocenters. The Bertz CT molecular complexity index is 457. The van der Waals surface area contributed by atoms with E-state index in [1.54, 1.807) is 24.0 Å². The minimum atomic E-state index is -0.417. The van der Waals surface area contributed by atoms with E-state index in [0.29, 0.717) is 24.2 Å². The van der Waals surface area contributed by atoms with E-state index in [9.17, 15) is 14.9 Å². The predicted molar refractivity (Wildman–Crippen MR) is 59.4 cm³/mol. The van der Waals surface area contributed by atoms with E-state index in [0.717, 1.165) is 6.42 Å². The number of anilines is 1. The molecule has 1 heterocycles. The van der Waals surface area contributed by atoms with Crippen LogP contribution < -0.4 is 4.90 Å². The lowest BCUT2D eigenvalue weighted by Crippen LogP contribution is -2.23. The van der Waals surface area contributed by atoms with Crippen LogP contribution in [0.15, 0.2) is 18.2 Å². The fraction of sp³-hybridized carbons (Fsp3) is 0.364. The monoisotopic (exact) mass is 220 g/mol. The summed E-state index contributed by atoms with van der Waals surface area (Å²) in [7, 11) is 0. The van der Waals surface area contributed by atoms with Crippen LogP contribution in [0.25, 0.3) is 0 Å². The number of amides is 1. The summed E-state index contributed by atoms with van der Waals surface area (Å²) in [5, 5.41) is 10.8. The Morgan fingerprint density at radius 3 is 2.75 bits per heavy atom. The number of carbonyl (C=O) groups is 1. The van der Waals surface area contributed by atoms with Gasteiger partial charge in [0.25, 0.3) is 5.69 Å². The minimum absolute atomic E-state index is 0.0400. The van der Waals surface area contributed by atoms with Gasteiger partial charge in [-0.3, -0.25) is 14.9 Å². The van der Waals surface area contributed by atoms with Gasteiger partial charge in [-0.25, -0.2) is 0 Å². The largest absolute Gasteiger partial charge is 0.312 e. The van der Waals surface area contributed by atoms with Crippen molar-refractivity contribution in [1.82, 2.24) is 0 Å². The van der Waals surface area contributed by atoms with E-state index in [1.165, 1.54) is 6.07 Å². The molecule has 0 spiro atoms.